The number of benzene rings is 2. The number of rotatable bonds is 3. The minimum absolute atomic E-state index is 0.293. The average molecular weight is 294 g/mol. The molecule has 4 heteroatoms. The molecule has 3 rings (SSSR count). The molecule has 0 unspecified atom stereocenters. The Kier molecular flexibility index (Phi) is 3.74. The predicted molar refractivity (Wildman–Crippen MR) is 85.7 cm³/mol. The van der Waals surface area contributed by atoms with Crippen LogP contribution in [0.4, 0.5) is 0 Å². The van der Waals surface area contributed by atoms with Crippen LogP contribution in [0, 0.1) is 0 Å². The number of esters is 1. The number of carbonyl (C=O) groups excluding carboxylic acids is 1. The van der Waals surface area contributed by atoms with E-state index in [9.17, 15) is 9.59 Å². The van der Waals surface area contributed by atoms with Crippen molar-refractivity contribution in [3.8, 4) is 0 Å². The quantitative estimate of drug-likeness (QED) is 0.321. The lowest BCUT2D eigenvalue weighted by atomic mass is 10.1. The molecular weight excluding hydrogens is 280 g/mol. The summed E-state index contributed by atoms with van der Waals surface area (Å²) in [5.74, 6) is -0.486. The van der Waals surface area contributed by atoms with E-state index in [2.05, 4.69) is 0 Å². The van der Waals surface area contributed by atoms with Crippen molar-refractivity contribution in [2.24, 2.45) is 0 Å². The van der Waals surface area contributed by atoms with Gasteiger partial charge in [0.2, 0.25) is 0 Å². The van der Waals surface area contributed by atoms with Gasteiger partial charge in [0.25, 0.3) is 0 Å². The van der Waals surface area contributed by atoms with Gasteiger partial charge in [0, 0.05) is 16.8 Å². The Morgan fingerprint density at radius 3 is 2.77 bits per heavy atom. The molecule has 0 aliphatic rings. The predicted octanol–water partition coefficient (Wildman–Crippen LogP) is 3.52. The summed E-state index contributed by atoms with van der Waals surface area (Å²) < 4.78 is 10.2. The smallest absolute Gasteiger partial charge is 0.343 e. The summed E-state index contributed by atoms with van der Waals surface area (Å²) >= 11 is 0. The van der Waals surface area contributed by atoms with Crippen LogP contribution in [-0.2, 0) is 9.53 Å². The molecule has 4 nitrogen and oxygen atoms in total. The fourth-order valence-electron chi connectivity index (χ4n) is 2.33. The zero-order valence-electron chi connectivity index (χ0n) is 12.0. The van der Waals surface area contributed by atoms with Gasteiger partial charge in [-0.2, -0.15) is 0 Å². The first-order chi connectivity index (χ1) is 10.7. The number of ether oxygens (including phenoxy) is 1. The molecule has 0 bridgehead atoms. The van der Waals surface area contributed by atoms with Gasteiger partial charge in [-0.25, -0.2) is 9.59 Å². The van der Waals surface area contributed by atoms with Gasteiger partial charge in [0.1, 0.15) is 5.58 Å². The highest BCUT2D eigenvalue weighted by Gasteiger charge is 2.07. The molecule has 0 spiro atoms. The van der Waals surface area contributed by atoms with Crippen molar-refractivity contribution in [2.75, 3.05) is 6.61 Å². The van der Waals surface area contributed by atoms with E-state index in [-0.39, 0.29) is 0 Å². The highest BCUT2D eigenvalue weighted by molar-refractivity contribution is 6.04. The molecule has 3 aromatic rings. The summed E-state index contributed by atoms with van der Waals surface area (Å²) in [5.41, 5.74) is 0.386. The molecule has 0 N–H and O–H groups in total. The lowest BCUT2D eigenvalue weighted by Gasteiger charge is -2.03. The van der Waals surface area contributed by atoms with E-state index in [0.29, 0.717) is 17.8 Å². The summed E-state index contributed by atoms with van der Waals surface area (Å²) in [5, 5.41) is 2.70. The number of hydrogen-bond donors (Lipinski definition) is 0. The van der Waals surface area contributed by atoms with E-state index in [0.717, 1.165) is 16.2 Å². The van der Waals surface area contributed by atoms with Crippen LogP contribution >= 0.6 is 0 Å². The van der Waals surface area contributed by atoms with Crippen molar-refractivity contribution < 1.29 is 13.9 Å². The van der Waals surface area contributed by atoms with E-state index in [4.69, 9.17) is 9.15 Å². The van der Waals surface area contributed by atoms with Gasteiger partial charge < -0.3 is 9.15 Å². The molecule has 22 heavy (non-hydrogen) atoms. The highest BCUT2D eigenvalue weighted by atomic mass is 16.5. The lowest BCUT2D eigenvalue weighted by Crippen LogP contribution is -2.04. The Balaban J connectivity index is 2.11. The maximum atomic E-state index is 12.1. The van der Waals surface area contributed by atoms with Gasteiger partial charge in [0.05, 0.1) is 12.2 Å². The molecule has 110 valence electrons. The second-order valence-corrected chi connectivity index (χ2v) is 4.78. The summed E-state index contributed by atoms with van der Waals surface area (Å²) in [6, 6.07) is 13.3. The fraction of sp³-hybridized carbons (Fsp3) is 0.111. The Labute approximate surface area is 126 Å². The average Bonchev–Trinajstić information content (AvgIpc) is 2.53. The summed E-state index contributed by atoms with van der Waals surface area (Å²) in [7, 11) is 0. The van der Waals surface area contributed by atoms with Gasteiger partial charge in [-0.1, -0.05) is 36.4 Å². The summed E-state index contributed by atoms with van der Waals surface area (Å²) in [6.07, 6.45) is 2.64. The minimum atomic E-state index is -0.486. The van der Waals surface area contributed by atoms with E-state index in [1.807, 2.05) is 36.4 Å². The molecule has 1 aromatic heterocycles. The molecule has 1 heterocycles. The van der Waals surface area contributed by atoms with Crippen molar-refractivity contribution in [3.05, 3.63) is 64.5 Å². The normalized spacial score (nSPS) is 11.3. The minimum Gasteiger partial charge on any atom is -0.463 e. The number of hydrogen-bond acceptors (Lipinski definition) is 4. The van der Waals surface area contributed by atoms with Gasteiger partial charge in [-0.05, 0) is 24.5 Å². The van der Waals surface area contributed by atoms with Gasteiger partial charge in [0.15, 0.2) is 0 Å². The van der Waals surface area contributed by atoms with Gasteiger partial charge in [-0.3, -0.25) is 0 Å². The maximum Gasteiger partial charge on any atom is 0.343 e. The van der Waals surface area contributed by atoms with Crippen molar-refractivity contribution in [2.45, 2.75) is 6.92 Å². The third kappa shape index (κ3) is 2.63. The van der Waals surface area contributed by atoms with Crippen LogP contribution in [0.15, 0.2) is 57.8 Å². The third-order valence-corrected chi connectivity index (χ3v) is 3.34. The van der Waals surface area contributed by atoms with E-state index < -0.39 is 11.6 Å². The first kappa shape index (κ1) is 14.1. The second-order valence-electron chi connectivity index (χ2n) is 4.78. The molecule has 0 atom stereocenters. The third-order valence-electron chi connectivity index (χ3n) is 3.34. The summed E-state index contributed by atoms with van der Waals surface area (Å²) in [4.78, 5) is 23.4. The van der Waals surface area contributed by atoms with Crippen LogP contribution in [0.5, 0.6) is 0 Å². The van der Waals surface area contributed by atoms with Crippen LogP contribution in [0.25, 0.3) is 27.8 Å². The summed E-state index contributed by atoms with van der Waals surface area (Å²) in [6.45, 7) is 2.02. The van der Waals surface area contributed by atoms with Crippen molar-refractivity contribution in [1.29, 1.82) is 0 Å². The first-order valence-electron chi connectivity index (χ1n) is 6.99. The second kappa shape index (κ2) is 5.85. The molecule has 0 saturated carbocycles. The SMILES string of the molecule is CCOC(=O)/C=C/c1cc2ccc3ccccc3c2oc1=O. The molecule has 0 radical (unpaired) electrons. The molecule has 0 amide bonds. The van der Waals surface area contributed by atoms with E-state index in [1.54, 1.807) is 13.0 Å². The standard InChI is InChI=1S/C18H14O4/c1-2-21-16(19)10-9-14-11-13-8-7-12-5-3-4-6-15(12)17(13)22-18(14)20/h3-11H,2H2,1H3/b10-9+. The van der Waals surface area contributed by atoms with Crippen LogP contribution in [0.2, 0.25) is 0 Å². The van der Waals surface area contributed by atoms with Crippen molar-refractivity contribution >= 4 is 33.8 Å². The van der Waals surface area contributed by atoms with E-state index in [1.165, 1.54) is 12.2 Å². The lowest BCUT2D eigenvalue weighted by molar-refractivity contribution is -0.137. The Morgan fingerprint density at radius 1 is 1.18 bits per heavy atom. The zero-order valence-corrected chi connectivity index (χ0v) is 12.0. The van der Waals surface area contributed by atoms with E-state index >= 15 is 0 Å². The van der Waals surface area contributed by atoms with Gasteiger partial charge >= 0.3 is 11.6 Å². The van der Waals surface area contributed by atoms with Crippen LogP contribution in [-0.4, -0.2) is 12.6 Å². The first-order valence-corrected chi connectivity index (χ1v) is 6.99. The van der Waals surface area contributed by atoms with Crippen LogP contribution < -0.4 is 5.63 Å². The Hall–Kier alpha value is -2.88. The van der Waals surface area contributed by atoms with Crippen LogP contribution in [0.3, 0.4) is 0 Å². The van der Waals surface area contributed by atoms with Crippen molar-refractivity contribution in [3.63, 3.8) is 0 Å². The number of fused-ring (bicyclic) bond motifs is 3. The zero-order chi connectivity index (χ0) is 15.5. The largest absolute Gasteiger partial charge is 0.463 e. The monoisotopic (exact) mass is 294 g/mol. The van der Waals surface area contributed by atoms with Crippen molar-refractivity contribution in [1.82, 2.24) is 0 Å². The molecular formula is C18H14O4. The van der Waals surface area contributed by atoms with Gasteiger partial charge in [-0.15, -0.1) is 0 Å². The topological polar surface area (TPSA) is 56.5 Å². The molecule has 0 fully saturated rings. The molecule has 0 saturated heterocycles. The maximum absolute atomic E-state index is 12.1. The molecule has 0 aliphatic heterocycles. The molecule has 0 aliphatic carbocycles. The Bertz CT molecular complexity index is 935. The number of carbonyl (C=O) groups is 1. The Morgan fingerprint density at radius 2 is 1.95 bits per heavy atom. The highest BCUT2D eigenvalue weighted by Crippen LogP contribution is 2.24. The van der Waals surface area contributed by atoms with Crippen LogP contribution in [0.1, 0.15) is 12.5 Å². The fourth-order valence-corrected chi connectivity index (χ4v) is 2.33. The molecule has 2 aromatic carbocycles.